The second-order valence-corrected chi connectivity index (χ2v) is 8.16. The SMILES string of the molecule is CCc1nn2c3c(nnc2c1-c1ccc(OC)cc1)C(=O)CC(c1cccs1)C3. The van der Waals surface area contributed by atoms with E-state index in [0.717, 1.165) is 41.1 Å². The van der Waals surface area contributed by atoms with Crippen LogP contribution in [-0.4, -0.2) is 32.7 Å². The van der Waals surface area contributed by atoms with Crippen LogP contribution in [0.2, 0.25) is 0 Å². The van der Waals surface area contributed by atoms with Crippen LogP contribution in [0.5, 0.6) is 5.75 Å². The van der Waals surface area contributed by atoms with E-state index in [1.54, 1.807) is 18.4 Å². The maximum absolute atomic E-state index is 12.8. The molecule has 0 amide bonds. The molecule has 0 bridgehead atoms. The molecule has 0 N–H and O–H groups in total. The summed E-state index contributed by atoms with van der Waals surface area (Å²) in [5, 5.41) is 15.7. The molecule has 0 spiro atoms. The molecule has 0 fully saturated rings. The molecule has 1 aliphatic rings. The fourth-order valence-electron chi connectivity index (χ4n) is 4.04. The van der Waals surface area contributed by atoms with Gasteiger partial charge in [0.15, 0.2) is 17.1 Å². The molecule has 5 rings (SSSR count). The molecule has 0 aliphatic heterocycles. The zero-order valence-electron chi connectivity index (χ0n) is 16.3. The van der Waals surface area contributed by atoms with Crippen LogP contribution < -0.4 is 4.74 Å². The minimum absolute atomic E-state index is 0.0404. The van der Waals surface area contributed by atoms with Crippen molar-refractivity contribution in [3.8, 4) is 16.9 Å². The number of hydrogen-bond acceptors (Lipinski definition) is 6. The van der Waals surface area contributed by atoms with Gasteiger partial charge in [-0.15, -0.1) is 21.5 Å². The molecule has 1 aliphatic carbocycles. The number of methoxy groups -OCH3 is 1. The Bertz CT molecular complexity index is 1200. The van der Waals surface area contributed by atoms with Crippen LogP contribution in [0.25, 0.3) is 16.8 Å². The van der Waals surface area contributed by atoms with E-state index in [9.17, 15) is 4.79 Å². The lowest BCUT2D eigenvalue weighted by Gasteiger charge is -2.21. The molecular weight excluding hydrogens is 384 g/mol. The monoisotopic (exact) mass is 404 g/mol. The highest BCUT2D eigenvalue weighted by molar-refractivity contribution is 7.10. The van der Waals surface area contributed by atoms with Crippen LogP contribution in [0.3, 0.4) is 0 Å². The standard InChI is InChI=1S/C22H20N4O2S/c1-3-16-20(13-6-8-15(28-2)9-7-13)22-24-23-21-17(26(22)25-16)11-14(12-18(21)27)19-5-4-10-29-19/h4-10,14H,3,11-12H2,1-2H3. The third-order valence-corrected chi connectivity index (χ3v) is 6.54. The van der Waals surface area contributed by atoms with E-state index < -0.39 is 0 Å². The largest absolute Gasteiger partial charge is 0.497 e. The third-order valence-electron chi connectivity index (χ3n) is 5.50. The van der Waals surface area contributed by atoms with Crippen LogP contribution >= 0.6 is 11.3 Å². The summed E-state index contributed by atoms with van der Waals surface area (Å²) in [6.45, 7) is 2.08. The highest BCUT2D eigenvalue weighted by Crippen LogP contribution is 2.36. The van der Waals surface area contributed by atoms with Crippen LogP contribution in [0.4, 0.5) is 0 Å². The second kappa shape index (κ2) is 7.08. The Labute approximate surface area is 172 Å². The smallest absolute Gasteiger partial charge is 0.185 e. The number of ketones is 1. The summed E-state index contributed by atoms with van der Waals surface area (Å²) in [7, 11) is 1.65. The number of hydrogen-bond donors (Lipinski definition) is 0. The molecule has 146 valence electrons. The van der Waals surface area contributed by atoms with Gasteiger partial charge in [-0.3, -0.25) is 4.79 Å². The number of nitrogens with zero attached hydrogens (tertiary/aromatic N) is 4. The number of thiophene rings is 1. The van der Waals surface area contributed by atoms with Crippen LogP contribution in [0.1, 0.15) is 46.0 Å². The van der Waals surface area contributed by atoms with Gasteiger partial charge in [0, 0.05) is 23.6 Å². The van der Waals surface area contributed by atoms with Crippen molar-refractivity contribution in [3.05, 3.63) is 63.7 Å². The summed E-state index contributed by atoms with van der Waals surface area (Å²) >= 11 is 1.69. The Morgan fingerprint density at radius 1 is 1.17 bits per heavy atom. The Morgan fingerprint density at radius 2 is 2.00 bits per heavy atom. The van der Waals surface area contributed by atoms with Crippen molar-refractivity contribution in [1.82, 2.24) is 19.8 Å². The summed E-state index contributed by atoms with van der Waals surface area (Å²) in [5.74, 6) is 1.01. The molecule has 7 heteroatoms. The first-order valence-corrected chi connectivity index (χ1v) is 10.6. The zero-order chi connectivity index (χ0) is 20.0. The lowest BCUT2D eigenvalue weighted by molar-refractivity contribution is 0.0956. The predicted molar refractivity (Wildman–Crippen MR) is 112 cm³/mol. The van der Waals surface area contributed by atoms with Gasteiger partial charge in [-0.1, -0.05) is 25.1 Å². The minimum atomic E-state index is 0.0404. The van der Waals surface area contributed by atoms with E-state index in [1.165, 1.54) is 4.88 Å². The molecule has 0 saturated carbocycles. The summed E-state index contributed by atoms with van der Waals surface area (Å²) in [4.78, 5) is 14.0. The molecule has 0 radical (unpaired) electrons. The molecular formula is C22H20N4O2S. The number of Topliss-reactive ketones (excluding diaryl/α,β-unsaturated/α-hetero) is 1. The molecule has 6 nitrogen and oxygen atoms in total. The first-order chi connectivity index (χ1) is 14.2. The number of carbonyl (C=O) groups excluding carboxylic acids is 1. The highest BCUT2D eigenvalue weighted by Gasteiger charge is 2.32. The summed E-state index contributed by atoms with van der Waals surface area (Å²) in [6, 6.07) is 12.0. The molecule has 3 heterocycles. The predicted octanol–water partition coefficient (Wildman–Crippen LogP) is 4.34. The van der Waals surface area contributed by atoms with Crippen molar-refractivity contribution >= 4 is 22.8 Å². The second-order valence-electron chi connectivity index (χ2n) is 7.18. The van der Waals surface area contributed by atoms with Gasteiger partial charge in [0.2, 0.25) is 0 Å². The average molecular weight is 404 g/mol. The van der Waals surface area contributed by atoms with E-state index in [1.807, 2.05) is 34.8 Å². The van der Waals surface area contributed by atoms with E-state index in [-0.39, 0.29) is 11.7 Å². The quantitative estimate of drug-likeness (QED) is 0.506. The summed E-state index contributed by atoms with van der Waals surface area (Å²) in [6.07, 6.45) is 1.98. The van der Waals surface area contributed by atoms with Crippen molar-refractivity contribution in [2.75, 3.05) is 7.11 Å². The van der Waals surface area contributed by atoms with E-state index in [2.05, 4.69) is 28.6 Å². The molecule has 29 heavy (non-hydrogen) atoms. The zero-order valence-corrected chi connectivity index (χ0v) is 17.1. The molecule has 1 unspecified atom stereocenters. The molecule has 0 saturated heterocycles. The van der Waals surface area contributed by atoms with E-state index in [4.69, 9.17) is 9.84 Å². The van der Waals surface area contributed by atoms with Crippen molar-refractivity contribution in [1.29, 1.82) is 0 Å². The fraction of sp³-hybridized carbons (Fsp3) is 0.273. The van der Waals surface area contributed by atoms with Crippen molar-refractivity contribution < 1.29 is 9.53 Å². The number of benzene rings is 1. The number of ether oxygens (including phenoxy) is 1. The lowest BCUT2D eigenvalue weighted by atomic mass is 9.87. The number of rotatable bonds is 4. The van der Waals surface area contributed by atoms with Gasteiger partial charge in [-0.2, -0.15) is 5.10 Å². The maximum Gasteiger partial charge on any atom is 0.185 e. The van der Waals surface area contributed by atoms with Gasteiger partial charge in [0.25, 0.3) is 0 Å². The normalized spacial score (nSPS) is 16.2. The average Bonchev–Trinajstić information content (AvgIpc) is 3.41. The van der Waals surface area contributed by atoms with Crippen molar-refractivity contribution in [3.63, 3.8) is 0 Å². The van der Waals surface area contributed by atoms with Crippen molar-refractivity contribution in [2.24, 2.45) is 0 Å². The number of aromatic nitrogens is 4. The number of fused-ring (bicyclic) bond motifs is 3. The van der Waals surface area contributed by atoms with Gasteiger partial charge >= 0.3 is 0 Å². The van der Waals surface area contributed by atoms with Gasteiger partial charge in [-0.05, 0) is 35.6 Å². The molecule has 3 aromatic heterocycles. The molecule has 1 atom stereocenters. The first kappa shape index (κ1) is 18.0. The van der Waals surface area contributed by atoms with Gasteiger partial charge < -0.3 is 4.74 Å². The molecule has 1 aromatic carbocycles. The van der Waals surface area contributed by atoms with Gasteiger partial charge in [-0.25, -0.2) is 4.52 Å². The maximum atomic E-state index is 12.8. The van der Waals surface area contributed by atoms with E-state index in [0.29, 0.717) is 17.8 Å². The van der Waals surface area contributed by atoms with Crippen molar-refractivity contribution in [2.45, 2.75) is 32.1 Å². The lowest BCUT2D eigenvalue weighted by Crippen LogP contribution is -2.23. The summed E-state index contributed by atoms with van der Waals surface area (Å²) in [5.41, 5.74) is 4.95. The Hall–Kier alpha value is -3.06. The summed E-state index contributed by atoms with van der Waals surface area (Å²) < 4.78 is 7.12. The van der Waals surface area contributed by atoms with Gasteiger partial charge in [0.05, 0.1) is 24.1 Å². The Balaban J connectivity index is 1.68. The topological polar surface area (TPSA) is 69.4 Å². The van der Waals surface area contributed by atoms with Crippen LogP contribution in [0.15, 0.2) is 41.8 Å². The first-order valence-electron chi connectivity index (χ1n) is 9.67. The molecule has 4 aromatic rings. The van der Waals surface area contributed by atoms with Gasteiger partial charge in [0.1, 0.15) is 5.75 Å². The highest BCUT2D eigenvalue weighted by atomic mass is 32.1. The fourth-order valence-corrected chi connectivity index (χ4v) is 4.87. The van der Waals surface area contributed by atoms with Crippen LogP contribution in [-0.2, 0) is 12.8 Å². The third kappa shape index (κ3) is 2.93. The Kier molecular flexibility index (Phi) is 4.39. The van der Waals surface area contributed by atoms with Crippen LogP contribution in [0, 0.1) is 0 Å². The number of carbonyl (C=O) groups is 1. The minimum Gasteiger partial charge on any atom is -0.497 e. The van der Waals surface area contributed by atoms with E-state index >= 15 is 0 Å². The Morgan fingerprint density at radius 3 is 2.69 bits per heavy atom. The number of aryl methyl sites for hydroxylation is 1.